The molecule has 0 atom stereocenters. The summed E-state index contributed by atoms with van der Waals surface area (Å²) in [6.45, 7) is 6.13. The third kappa shape index (κ3) is 5.49. The molecule has 2 heteroatoms. The summed E-state index contributed by atoms with van der Waals surface area (Å²) in [5.74, 6) is 0.760. The van der Waals surface area contributed by atoms with Gasteiger partial charge >= 0.3 is 0 Å². The van der Waals surface area contributed by atoms with Crippen molar-refractivity contribution >= 4 is 11.8 Å². The monoisotopic (exact) mass is 300 g/mol. The summed E-state index contributed by atoms with van der Waals surface area (Å²) in [6.07, 6.45) is 11.4. The van der Waals surface area contributed by atoms with Crippen molar-refractivity contribution in [2.24, 2.45) is 5.92 Å². The zero-order chi connectivity index (χ0) is 15.8. The first kappa shape index (κ1) is 17.1. The summed E-state index contributed by atoms with van der Waals surface area (Å²) in [7, 11) is 4.16. The molecule has 1 heterocycles. The quantitative estimate of drug-likeness (QED) is 0.675. The predicted molar refractivity (Wildman–Crippen MR) is 98.5 cm³/mol. The topological polar surface area (TPSA) is 6.48 Å². The van der Waals surface area contributed by atoms with Crippen molar-refractivity contribution in [1.82, 2.24) is 4.90 Å². The molecule has 0 N–H and O–H groups in total. The van der Waals surface area contributed by atoms with Crippen molar-refractivity contribution in [3.8, 4) is 0 Å². The second-order valence-corrected chi connectivity index (χ2v) is 6.73. The molecule has 2 nitrogen and oxygen atoms in total. The molecular weight excluding hydrogens is 268 g/mol. The van der Waals surface area contributed by atoms with E-state index < -0.39 is 0 Å². The van der Waals surface area contributed by atoms with E-state index in [9.17, 15) is 0 Å². The van der Waals surface area contributed by atoms with Crippen LogP contribution in [0.5, 0.6) is 0 Å². The average molecular weight is 300 g/mol. The number of hydrogen-bond acceptors (Lipinski definition) is 2. The van der Waals surface area contributed by atoms with Crippen molar-refractivity contribution in [2.45, 2.75) is 39.0 Å². The third-order valence-corrected chi connectivity index (χ3v) is 4.68. The number of benzene rings is 1. The Labute approximate surface area is 136 Å². The lowest BCUT2D eigenvalue weighted by atomic mass is 9.95. The Hall–Kier alpha value is -1.28. The molecule has 0 spiro atoms. The van der Waals surface area contributed by atoms with Gasteiger partial charge in [-0.25, -0.2) is 0 Å². The summed E-state index contributed by atoms with van der Waals surface area (Å²) in [5, 5.41) is 0. The Bertz CT molecular complexity index is 439. The van der Waals surface area contributed by atoms with E-state index in [2.05, 4.69) is 67.2 Å². The van der Waals surface area contributed by atoms with Gasteiger partial charge in [0.05, 0.1) is 0 Å². The maximum atomic E-state index is 2.64. The number of allylic oxidation sites excluding steroid dienone is 1. The fourth-order valence-electron chi connectivity index (χ4n) is 3.09. The van der Waals surface area contributed by atoms with E-state index in [0.29, 0.717) is 0 Å². The highest BCUT2D eigenvalue weighted by Crippen LogP contribution is 2.21. The number of rotatable bonds is 7. The normalized spacial score (nSPS) is 17.2. The lowest BCUT2D eigenvalue weighted by molar-refractivity contribution is 0.200. The number of nitrogens with zero attached hydrogens (tertiary/aromatic N) is 2. The first-order chi connectivity index (χ1) is 10.7. The van der Waals surface area contributed by atoms with Gasteiger partial charge in [0.15, 0.2) is 0 Å². The lowest BCUT2D eigenvalue weighted by Gasteiger charge is -2.30. The summed E-state index contributed by atoms with van der Waals surface area (Å²) >= 11 is 0. The van der Waals surface area contributed by atoms with Crippen molar-refractivity contribution in [1.29, 1.82) is 0 Å². The Balaban J connectivity index is 1.75. The Kier molecular flexibility index (Phi) is 6.98. The van der Waals surface area contributed by atoms with E-state index in [-0.39, 0.29) is 0 Å². The van der Waals surface area contributed by atoms with Crippen LogP contribution in [0.4, 0.5) is 5.69 Å². The number of piperidine rings is 1. The van der Waals surface area contributed by atoms with Crippen LogP contribution in [-0.2, 0) is 0 Å². The van der Waals surface area contributed by atoms with E-state index in [1.54, 1.807) is 0 Å². The molecule has 0 aromatic heterocycles. The lowest BCUT2D eigenvalue weighted by Crippen LogP contribution is -2.33. The van der Waals surface area contributed by atoms with E-state index in [1.807, 2.05) is 0 Å². The van der Waals surface area contributed by atoms with Crippen LogP contribution in [0.15, 0.2) is 30.3 Å². The first-order valence-corrected chi connectivity index (χ1v) is 8.87. The van der Waals surface area contributed by atoms with E-state index >= 15 is 0 Å². The molecule has 1 aromatic carbocycles. The largest absolute Gasteiger partial charge is 0.378 e. The number of unbranched alkanes of at least 4 members (excludes halogenated alkanes) is 2. The van der Waals surface area contributed by atoms with Crippen LogP contribution >= 0.6 is 0 Å². The third-order valence-electron chi connectivity index (χ3n) is 4.68. The highest BCUT2D eigenvalue weighted by molar-refractivity contribution is 5.55. The van der Waals surface area contributed by atoms with Crippen LogP contribution in [0.25, 0.3) is 6.08 Å². The molecule has 2 rings (SSSR count). The summed E-state index contributed by atoms with van der Waals surface area (Å²) in [5.41, 5.74) is 2.58. The highest BCUT2D eigenvalue weighted by Gasteiger charge is 2.16. The van der Waals surface area contributed by atoms with Gasteiger partial charge in [0.1, 0.15) is 0 Å². The van der Waals surface area contributed by atoms with Gasteiger partial charge in [-0.05, 0) is 62.5 Å². The summed E-state index contributed by atoms with van der Waals surface area (Å²) in [6, 6.07) is 8.81. The molecule has 0 bridgehead atoms. The van der Waals surface area contributed by atoms with Crippen LogP contribution in [0, 0.1) is 5.92 Å². The molecule has 0 amide bonds. The summed E-state index contributed by atoms with van der Waals surface area (Å²) in [4.78, 5) is 4.79. The van der Waals surface area contributed by atoms with Crippen molar-refractivity contribution < 1.29 is 0 Å². The molecule has 1 aromatic rings. The molecule has 0 unspecified atom stereocenters. The molecule has 1 saturated heterocycles. The predicted octanol–water partition coefficient (Wildman–Crippen LogP) is 4.67. The molecule has 0 saturated carbocycles. The average Bonchev–Trinajstić information content (AvgIpc) is 2.55. The number of likely N-dealkylation sites (tertiary alicyclic amines) is 1. The first-order valence-electron chi connectivity index (χ1n) is 8.87. The van der Waals surface area contributed by atoms with Crippen LogP contribution in [-0.4, -0.2) is 38.6 Å². The minimum atomic E-state index is 0.760. The molecule has 1 aliphatic rings. The molecule has 1 aliphatic heterocycles. The van der Waals surface area contributed by atoms with Crippen LogP contribution in [0.1, 0.15) is 44.6 Å². The zero-order valence-corrected chi connectivity index (χ0v) is 14.6. The minimum absolute atomic E-state index is 0.760. The van der Waals surface area contributed by atoms with Crippen molar-refractivity contribution in [2.75, 3.05) is 38.6 Å². The van der Waals surface area contributed by atoms with E-state index in [1.165, 1.54) is 63.0 Å². The van der Waals surface area contributed by atoms with E-state index in [0.717, 1.165) is 5.92 Å². The van der Waals surface area contributed by atoms with Crippen molar-refractivity contribution in [3.63, 3.8) is 0 Å². The second-order valence-electron chi connectivity index (χ2n) is 6.73. The van der Waals surface area contributed by atoms with Gasteiger partial charge < -0.3 is 9.80 Å². The van der Waals surface area contributed by atoms with Crippen LogP contribution in [0.2, 0.25) is 0 Å². The standard InChI is InChI=1S/C20H32N2/c1-4-5-6-15-22-16-13-19(14-17-22)8-7-18-9-11-20(12-10-18)21(2)3/h7-12,19H,4-6,13-17H2,1-3H3/b8-7+. The van der Waals surface area contributed by atoms with Crippen LogP contribution in [0.3, 0.4) is 0 Å². The smallest absolute Gasteiger partial charge is 0.0361 e. The van der Waals surface area contributed by atoms with Gasteiger partial charge in [0.25, 0.3) is 0 Å². The second kappa shape index (κ2) is 8.99. The minimum Gasteiger partial charge on any atom is -0.378 e. The highest BCUT2D eigenvalue weighted by atomic mass is 15.1. The maximum absolute atomic E-state index is 2.64. The van der Waals surface area contributed by atoms with Gasteiger partial charge in [0.2, 0.25) is 0 Å². The molecule has 1 fully saturated rings. The molecule has 122 valence electrons. The SMILES string of the molecule is CCCCCN1CCC(/C=C/c2ccc(N(C)C)cc2)CC1. The molecule has 0 radical (unpaired) electrons. The van der Waals surface area contributed by atoms with Gasteiger partial charge in [-0.3, -0.25) is 0 Å². The zero-order valence-electron chi connectivity index (χ0n) is 14.6. The molecule has 0 aliphatic carbocycles. The molecule has 22 heavy (non-hydrogen) atoms. The maximum Gasteiger partial charge on any atom is 0.0361 e. The fourth-order valence-corrected chi connectivity index (χ4v) is 3.09. The number of hydrogen-bond donors (Lipinski definition) is 0. The van der Waals surface area contributed by atoms with E-state index in [4.69, 9.17) is 0 Å². The molecular formula is C20H32N2. The van der Waals surface area contributed by atoms with Crippen molar-refractivity contribution in [3.05, 3.63) is 35.9 Å². The Morgan fingerprint density at radius 3 is 2.36 bits per heavy atom. The Morgan fingerprint density at radius 1 is 1.09 bits per heavy atom. The van der Waals surface area contributed by atoms with Gasteiger partial charge in [-0.2, -0.15) is 0 Å². The Morgan fingerprint density at radius 2 is 1.77 bits per heavy atom. The summed E-state index contributed by atoms with van der Waals surface area (Å²) < 4.78 is 0. The van der Waals surface area contributed by atoms with Gasteiger partial charge in [-0.15, -0.1) is 0 Å². The van der Waals surface area contributed by atoms with Gasteiger partial charge in [-0.1, -0.05) is 44.1 Å². The fraction of sp³-hybridized carbons (Fsp3) is 0.600. The van der Waals surface area contributed by atoms with Crippen LogP contribution < -0.4 is 4.90 Å². The van der Waals surface area contributed by atoms with Gasteiger partial charge in [0, 0.05) is 19.8 Å². The number of anilines is 1.